The van der Waals surface area contributed by atoms with Gasteiger partial charge in [-0.25, -0.2) is 4.79 Å². The van der Waals surface area contributed by atoms with Gasteiger partial charge in [-0.1, -0.05) is 26.0 Å². The van der Waals surface area contributed by atoms with E-state index in [0.717, 1.165) is 0 Å². The van der Waals surface area contributed by atoms with Crippen molar-refractivity contribution in [2.24, 2.45) is 28.1 Å². The van der Waals surface area contributed by atoms with Crippen LogP contribution in [0, 0.1) is 5.92 Å². The summed E-state index contributed by atoms with van der Waals surface area (Å²) in [7, 11) is 0. The lowest BCUT2D eigenvalue weighted by atomic mass is 10.0. The summed E-state index contributed by atoms with van der Waals surface area (Å²) in [6.45, 7) is 3.51. The normalized spacial score (nSPS) is 13.8. The van der Waals surface area contributed by atoms with Crippen LogP contribution in [0.2, 0.25) is 0 Å². The molecule has 0 aliphatic heterocycles. The van der Waals surface area contributed by atoms with E-state index in [1.807, 2.05) is 0 Å². The topological polar surface area (TPSA) is 273 Å². The summed E-state index contributed by atoms with van der Waals surface area (Å²) < 4.78 is 0. The molecule has 0 saturated carbocycles. The zero-order chi connectivity index (χ0) is 29.7. The van der Waals surface area contributed by atoms with Crippen molar-refractivity contribution in [1.82, 2.24) is 16.0 Å². The molecule has 0 bridgehead atoms. The molecular weight excluding hydrogens is 514 g/mol. The number of hydrogen-bond acceptors (Lipinski definition) is 8. The van der Waals surface area contributed by atoms with Crippen molar-refractivity contribution in [2.75, 3.05) is 6.54 Å². The lowest BCUT2D eigenvalue weighted by Crippen LogP contribution is -2.58. The first kappa shape index (κ1) is 32.6. The molecule has 4 unspecified atom stereocenters. The zero-order valence-corrected chi connectivity index (χ0v) is 21.8. The first-order valence-electron chi connectivity index (χ1n) is 12.2. The van der Waals surface area contributed by atoms with Crippen molar-refractivity contribution >= 4 is 35.6 Å². The van der Waals surface area contributed by atoms with Crippen LogP contribution in [0.3, 0.4) is 0 Å². The lowest BCUT2D eigenvalue weighted by molar-refractivity contribution is -0.143. The average Bonchev–Trinajstić information content (AvgIpc) is 2.84. The standard InChI is InChI=1S/C24H37N7O8/c1-12(2)19(31-20(35)15(25)4-3-9-28-24(26)27)22(37)29-16(11-18(33)34)21(36)30-17(23(38)39)10-13-5-7-14(32)8-6-13/h5-8,12,15-17,19,32H,3-4,9-11,25H2,1-2H3,(H,29,37)(H,30,36)(H,31,35)(H,33,34)(H,38,39)(H4,26,27,28). The maximum absolute atomic E-state index is 13.0. The van der Waals surface area contributed by atoms with Gasteiger partial charge in [0.05, 0.1) is 12.5 Å². The average molecular weight is 552 g/mol. The molecule has 4 atom stereocenters. The fraction of sp³-hybridized carbons (Fsp3) is 0.500. The number of phenolic OH excluding ortho intramolecular Hbond substituents is 1. The van der Waals surface area contributed by atoms with Crippen LogP contribution in [0.5, 0.6) is 5.75 Å². The van der Waals surface area contributed by atoms with Gasteiger partial charge in [-0.15, -0.1) is 0 Å². The van der Waals surface area contributed by atoms with E-state index < -0.39 is 66.2 Å². The number of aromatic hydroxyl groups is 1. The predicted octanol–water partition coefficient (Wildman–Crippen LogP) is -2.01. The van der Waals surface area contributed by atoms with E-state index in [4.69, 9.17) is 17.2 Å². The Morgan fingerprint density at radius 3 is 2.00 bits per heavy atom. The number of carboxylic acids is 2. The molecule has 0 fully saturated rings. The van der Waals surface area contributed by atoms with Crippen LogP contribution in [-0.4, -0.2) is 81.7 Å². The van der Waals surface area contributed by atoms with Crippen LogP contribution in [0.15, 0.2) is 29.3 Å². The minimum atomic E-state index is -1.64. The number of carbonyl (C=O) groups excluding carboxylic acids is 3. The van der Waals surface area contributed by atoms with Gasteiger partial charge in [-0.2, -0.15) is 0 Å². The molecule has 0 aliphatic carbocycles. The Kier molecular flexibility index (Phi) is 13.2. The van der Waals surface area contributed by atoms with E-state index in [1.165, 1.54) is 24.3 Å². The van der Waals surface area contributed by atoms with Crippen molar-refractivity contribution in [2.45, 2.75) is 63.7 Å². The van der Waals surface area contributed by atoms with Gasteiger partial charge in [0.2, 0.25) is 17.7 Å². The molecule has 3 amide bonds. The SMILES string of the molecule is CC(C)C(NC(=O)C(N)CCCN=C(N)N)C(=O)NC(CC(=O)O)C(=O)NC(Cc1ccc(O)cc1)C(=O)O. The van der Waals surface area contributed by atoms with Crippen molar-refractivity contribution in [1.29, 1.82) is 0 Å². The molecule has 0 radical (unpaired) electrons. The Balaban J connectivity index is 2.92. The summed E-state index contributed by atoms with van der Waals surface area (Å²) in [5.74, 6) is -5.95. The second-order valence-corrected chi connectivity index (χ2v) is 9.21. The highest BCUT2D eigenvalue weighted by Gasteiger charge is 2.32. The number of carboxylic acid groups (broad SMARTS) is 2. The third kappa shape index (κ3) is 12.1. The number of nitrogens with one attached hydrogen (secondary N) is 3. The number of nitrogens with two attached hydrogens (primary N) is 3. The molecule has 15 nitrogen and oxygen atoms in total. The van der Waals surface area contributed by atoms with E-state index in [1.54, 1.807) is 13.8 Å². The molecule has 0 saturated heterocycles. The molecule has 39 heavy (non-hydrogen) atoms. The first-order chi connectivity index (χ1) is 18.2. The minimum Gasteiger partial charge on any atom is -0.508 e. The number of benzene rings is 1. The monoisotopic (exact) mass is 551 g/mol. The van der Waals surface area contributed by atoms with Gasteiger partial charge in [-0.3, -0.25) is 24.2 Å². The van der Waals surface area contributed by atoms with E-state index in [9.17, 15) is 39.3 Å². The summed E-state index contributed by atoms with van der Waals surface area (Å²) in [5.41, 5.74) is 16.9. The van der Waals surface area contributed by atoms with Crippen molar-refractivity contribution in [3.05, 3.63) is 29.8 Å². The van der Waals surface area contributed by atoms with Crippen molar-refractivity contribution in [3.8, 4) is 5.75 Å². The van der Waals surface area contributed by atoms with Crippen LogP contribution in [-0.2, 0) is 30.4 Å². The summed E-state index contributed by atoms with van der Waals surface area (Å²) in [6, 6.07) is 0.390. The van der Waals surface area contributed by atoms with Gasteiger partial charge in [-0.05, 0) is 36.5 Å². The Hall–Kier alpha value is -4.40. The molecule has 0 heterocycles. The van der Waals surface area contributed by atoms with Gasteiger partial charge >= 0.3 is 11.9 Å². The molecule has 216 valence electrons. The second kappa shape index (κ2) is 15.8. The number of rotatable bonds is 16. The second-order valence-electron chi connectivity index (χ2n) is 9.21. The van der Waals surface area contributed by atoms with E-state index in [-0.39, 0.29) is 31.1 Å². The molecule has 0 aliphatic rings. The highest BCUT2D eigenvalue weighted by molar-refractivity contribution is 5.95. The van der Waals surface area contributed by atoms with Gasteiger partial charge < -0.3 is 48.5 Å². The third-order valence-corrected chi connectivity index (χ3v) is 5.55. The summed E-state index contributed by atoms with van der Waals surface area (Å²) in [6.07, 6.45) is -0.384. The molecule has 0 aromatic heterocycles. The fourth-order valence-corrected chi connectivity index (χ4v) is 3.43. The van der Waals surface area contributed by atoms with Crippen LogP contribution in [0.4, 0.5) is 0 Å². The maximum Gasteiger partial charge on any atom is 0.326 e. The first-order valence-corrected chi connectivity index (χ1v) is 12.2. The molecule has 1 aromatic rings. The molecule has 1 aromatic carbocycles. The van der Waals surface area contributed by atoms with Gasteiger partial charge in [0.1, 0.15) is 23.9 Å². The predicted molar refractivity (Wildman–Crippen MR) is 140 cm³/mol. The Morgan fingerprint density at radius 1 is 0.897 bits per heavy atom. The summed E-state index contributed by atoms with van der Waals surface area (Å²) in [4.78, 5) is 65.3. The number of hydrogen-bond donors (Lipinski definition) is 9. The van der Waals surface area contributed by atoms with E-state index in [2.05, 4.69) is 20.9 Å². The molecule has 0 spiro atoms. The van der Waals surface area contributed by atoms with Crippen LogP contribution < -0.4 is 33.2 Å². The number of aliphatic imine (C=N–C) groups is 1. The Labute approximate surface area is 225 Å². The number of aliphatic carboxylic acids is 2. The van der Waals surface area contributed by atoms with Gasteiger partial charge in [0.25, 0.3) is 0 Å². The number of amides is 3. The number of carbonyl (C=O) groups is 5. The molecule has 1 rings (SSSR count). The van der Waals surface area contributed by atoms with Gasteiger partial charge in [0.15, 0.2) is 5.96 Å². The highest BCUT2D eigenvalue weighted by Crippen LogP contribution is 2.12. The van der Waals surface area contributed by atoms with Crippen LogP contribution >= 0.6 is 0 Å². The van der Waals surface area contributed by atoms with Gasteiger partial charge in [0, 0.05) is 13.0 Å². The third-order valence-electron chi connectivity index (χ3n) is 5.55. The number of nitrogens with zero attached hydrogens (tertiary/aromatic N) is 1. The molecular formula is C24H37N7O8. The largest absolute Gasteiger partial charge is 0.508 e. The van der Waals surface area contributed by atoms with Crippen molar-refractivity contribution < 1.29 is 39.3 Å². The minimum absolute atomic E-state index is 0.0300. The quantitative estimate of drug-likeness (QED) is 0.0614. The van der Waals surface area contributed by atoms with E-state index in [0.29, 0.717) is 12.0 Å². The maximum atomic E-state index is 13.0. The Bertz CT molecular complexity index is 1040. The number of guanidine groups is 1. The molecule has 15 heteroatoms. The van der Waals surface area contributed by atoms with Crippen LogP contribution in [0.25, 0.3) is 0 Å². The highest BCUT2D eigenvalue weighted by atomic mass is 16.4. The zero-order valence-electron chi connectivity index (χ0n) is 21.8. The lowest BCUT2D eigenvalue weighted by Gasteiger charge is -2.26. The summed E-state index contributed by atoms with van der Waals surface area (Å²) in [5, 5.41) is 35.3. The van der Waals surface area contributed by atoms with Crippen LogP contribution in [0.1, 0.15) is 38.7 Å². The number of phenols is 1. The smallest absolute Gasteiger partial charge is 0.326 e. The Morgan fingerprint density at radius 2 is 1.49 bits per heavy atom. The van der Waals surface area contributed by atoms with Crippen molar-refractivity contribution in [3.63, 3.8) is 0 Å². The van der Waals surface area contributed by atoms with E-state index >= 15 is 0 Å². The summed E-state index contributed by atoms with van der Waals surface area (Å²) >= 11 is 0. The molecule has 12 N–H and O–H groups in total. The fourth-order valence-electron chi connectivity index (χ4n) is 3.43.